The van der Waals surface area contributed by atoms with Gasteiger partial charge in [0.15, 0.2) is 0 Å². The number of benzene rings is 1. The highest BCUT2D eigenvalue weighted by Crippen LogP contribution is 2.48. The average molecular weight is 340 g/mol. The molecule has 6 nitrogen and oxygen atoms in total. The number of hydrogen-bond donors (Lipinski definition) is 2. The SMILES string of the molecule is CC1=N[C@]2(CC[C@H]3CN(C(=O)NCCc4ccccc4)C[C@H]32)C(=O)N1. The Kier molecular flexibility index (Phi) is 3.98. The van der Waals surface area contributed by atoms with E-state index in [9.17, 15) is 9.59 Å². The molecule has 3 aliphatic rings. The van der Waals surface area contributed by atoms with E-state index in [0.29, 0.717) is 24.8 Å². The molecule has 1 spiro atoms. The minimum absolute atomic E-state index is 0.0174. The summed E-state index contributed by atoms with van der Waals surface area (Å²) in [6.07, 6.45) is 2.58. The normalized spacial score (nSPS) is 30.4. The fourth-order valence-corrected chi connectivity index (χ4v) is 4.60. The molecule has 1 aromatic carbocycles. The number of carbonyl (C=O) groups is 2. The van der Waals surface area contributed by atoms with Crippen LogP contribution in [0.3, 0.4) is 0 Å². The largest absolute Gasteiger partial charge is 0.338 e. The monoisotopic (exact) mass is 340 g/mol. The van der Waals surface area contributed by atoms with Gasteiger partial charge >= 0.3 is 6.03 Å². The molecule has 0 aromatic heterocycles. The van der Waals surface area contributed by atoms with E-state index in [1.165, 1.54) is 5.56 Å². The lowest BCUT2D eigenvalue weighted by molar-refractivity contribution is -0.124. The van der Waals surface area contributed by atoms with E-state index >= 15 is 0 Å². The van der Waals surface area contributed by atoms with Crippen molar-refractivity contribution in [1.29, 1.82) is 0 Å². The number of nitrogens with one attached hydrogen (secondary N) is 2. The Hall–Kier alpha value is -2.37. The summed E-state index contributed by atoms with van der Waals surface area (Å²) in [5, 5.41) is 5.86. The number of amides is 3. The van der Waals surface area contributed by atoms with Crippen molar-refractivity contribution in [2.45, 2.75) is 31.7 Å². The maximum absolute atomic E-state index is 12.5. The predicted molar refractivity (Wildman–Crippen MR) is 95.3 cm³/mol. The van der Waals surface area contributed by atoms with E-state index in [1.807, 2.05) is 30.0 Å². The van der Waals surface area contributed by atoms with Crippen LogP contribution in [0, 0.1) is 11.8 Å². The zero-order valence-electron chi connectivity index (χ0n) is 14.5. The Balaban J connectivity index is 1.35. The molecular formula is C19H24N4O2. The van der Waals surface area contributed by atoms with Crippen LogP contribution in [0.15, 0.2) is 35.3 Å². The number of rotatable bonds is 3. The fraction of sp³-hybridized carbons (Fsp3) is 0.526. The van der Waals surface area contributed by atoms with Crippen LogP contribution < -0.4 is 10.6 Å². The summed E-state index contributed by atoms with van der Waals surface area (Å²) in [5.41, 5.74) is 0.584. The van der Waals surface area contributed by atoms with Crippen molar-refractivity contribution in [3.8, 4) is 0 Å². The van der Waals surface area contributed by atoms with Crippen LogP contribution in [0.1, 0.15) is 25.3 Å². The molecule has 0 radical (unpaired) electrons. The topological polar surface area (TPSA) is 73.8 Å². The van der Waals surface area contributed by atoms with Gasteiger partial charge in [-0.15, -0.1) is 0 Å². The molecule has 1 aromatic rings. The van der Waals surface area contributed by atoms with E-state index in [2.05, 4.69) is 27.8 Å². The first-order valence-electron chi connectivity index (χ1n) is 9.03. The van der Waals surface area contributed by atoms with Crippen LogP contribution in [-0.2, 0) is 11.2 Å². The second kappa shape index (κ2) is 6.17. The number of carbonyl (C=O) groups excluding carboxylic acids is 2. The molecular weight excluding hydrogens is 316 g/mol. The van der Waals surface area contributed by atoms with E-state index in [0.717, 1.165) is 25.8 Å². The lowest BCUT2D eigenvalue weighted by atomic mass is 9.85. The predicted octanol–water partition coefficient (Wildman–Crippen LogP) is 1.57. The number of amidine groups is 1. The highest BCUT2D eigenvalue weighted by molar-refractivity contribution is 6.07. The van der Waals surface area contributed by atoms with Crippen molar-refractivity contribution in [1.82, 2.24) is 15.5 Å². The van der Waals surface area contributed by atoms with Crippen LogP contribution in [0.25, 0.3) is 0 Å². The lowest BCUT2D eigenvalue weighted by Crippen LogP contribution is -2.46. The molecule has 1 aliphatic carbocycles. The number of hydrogen-bond acceptors (Lipinski definition) is 3. The summed E-state index contributed by atoms with van der Waals surface area (Å²) in [7, 11) is 0. The standard InChI is InChI=1S/C19H24N4O2/c1-13-21-17(24)19(22-13)9-7-15-11-23(12-16(15)19)18(25)20-10-8-14-5-3-2-4-6-14/h2-6,15-16H,7-12H2,1H3,(H,20,25)(H,21,22,24)/t15-,16+,19-/m0/s1. The second-order valence-electron chi connectivity index (χ2n) is 7.35. The molecule has 6 heteroatoms. The summed E-state index contributed by atoms with van der Waals surface area (Å²) in [4.78, 5) is 31.4. The number of fused-ring (bicyclic) bond motifs is 2. The van der Waals surface area contributed by atoms with Crippen molar-refractivity contribution in [3.63, 3.8) is 0 Å². The summed E-state index contributed by atoms with van der Waals surface area (Å²) >= 11 is 0. The maximum Gasteiger partial charge on any atom is 0.317 e. The maximum atomic E-state index is 12.5. The van der Waals surface area contributed by atoms with Gasteiger partial charge in [-0.05, 0) is 37.7 Å². The second-order valence-corrected chi connectivity index (χ2v) is 7.35. The van der Waals surface area contributed by atoms with Crippen molar-refractivity contribution in [2.24, 2.45) is 16.8 Å². The van der Waals surface area contributed by atoms with Crippen LogP contribution >= 0.6 is 0 Å². The smallest absolute Gasteiger partial charge is 0.317 e. The summed E-state index contributed by atoms with van der Waals surface area (Å²) in [5.74, 6) is 1.24. The highest BCUT2D eigenvalue weighted by Gasteiger charge is 2.59. The average Bonchev–Trinajstić information content (AvgIpc) is 3.24. The van der Waals surface area contributed by atoms with Gasteiger partial charge in [-0.3, -0.25) is 9.79 Å². The molecule has 1 saturated heterocycles. The minimum atomic E-state index is -0.631. The minimum Gasteiger partial charge on any atom is -0.338 e. The molecule has 0 unspecified atom stereocenters. The van der Waals surface area contributed by atoms with Crippen LogP contribution in [-0.4, -0.2) is 47.8 Å². The number of likely N-dealkylation sites (tertiary alicyclic amines) is 1. The molecule has 4 rings (SSSR count). The first-order valence-corrected chi connectivity index (χ1v) is 9.03. The Morgan fingerprint density at radius 2 is 2.16 bits per heavy atom. The summed E-state index contributed by atoms with van der Waals surface area (Å²) in [6.45, 7) is 3.80. The van der Waals surface area contributed by atoms with Gasteiger partial charge < -0.3 is 15.5 Å². The van der Waals surface area contributed by atoms with Crippen molar-refractivity contribution in [3.05, 3.63) is 35.9 Å². The number of aliphatic imine (C=N–C) groups is 1. The molecule has 132 valence electrons. The molecule has 0 bridgehead atoms. The van der Waals surface area contributed by atoms with Crippen molar-refractivity contribution < 1.29 is 9.59 Å². The Bertz CT molecular complexity index is 717. The third-order valence-electron chi connectivity index (χ3n) is 5.83. The van der Waals surface area contributed by atoms with E-state index in [-0.39, 0.29) is 17.9 Å². The highest BCUT2D eigenvalue weighted by atomic mass is 16.2. The molecule has 2 aliphatic heterocycles. The third kappa shape index (κ3) is 2.79. The van der Waals surface area contributed by atoms with Gasteiger partial charge in [0.1, 0.15) is 11.4 Å². The van der Waals surface area contributed by atoms with Crippen LogP contribution in [0.2, 0.25) is 0 Å². The summed E-state index contributed by atoms with van der Waals surface area (Å²) in [6, 6.07) is 10.1. The molecule has 2 N–H and O–H groups in total. The van der Waals surface area contributed by atoms with Gasteiger partial charge in [-0.1, -0.05) is 30.3 Å². The lowest BCUT2D eigenvalue weighted by Gasteiger charge is -2.25. The molecule has 2 fully saturated rings. The molecule has 3 atom stereocenters. The Morgan fingerprint density at radius 3 is 2.88 bits per heavy atom. The van der Waals surface area contributed by atoms with Gasteiger partial charge in [0.2, 0.25) is 0 Å². The molecule has 25 heavy (non-hydrogen) atoms. The first-order chi connectivity index (χ1) is 12.1. The van der Waals surface area contributed by atoms with Crippen molar-refractivity contribution in [2.75, 3.05) is 19.6 Å². The zero-order chi connectivity index (χ0) is 17.4. The summed E-state index contributed by atoms with van der Waals surface area (Å²) < 4.78 is 0. The first kappa shape index (κ1) is 16.1. The zero-order valence-corrected chi connectivity index (χ0v) is 14.5. The van der Waals surface area contributed by atoms with Crippen LogP contribution in [0.5, 0.6) is 0 Å². The van der Waals surface area contributed by atoms with E-state index in [1.54, 1.807) is 0 Å². The van der Waals surface area contributed by atoms with Gasteiger partial charge in [-0.25, -0.2) is 4.79 Å². The number of urea groups is 1. The van der Waals surface area contributed by atoms with Gasteiger partial charge in [0.25, 0.3) is 5.91 Å². The van der Waals surface area contributed by atoms with Gasteiger partial charge in [-0.2, -0.15) is 0 Å². The van der Waals surface area contributed by atoms with Gasteiger partial charge in [0, 0.05) is 25.6 Å². The third-order valence-corrected chi connectivity index (χ3v) is 5.83. The van der Waals surface area contributed by atoms with E-state index < -0.39 is 5.54 Å². The Labute approximate surface area is 147 Å². The Morgan fingerprint density at radius 1 is 1.36 bits per heavy atom. The van der Waals surface area contributed by atoms with E-state index in [4.69, 9.17) is 0 Å². The fourth-order valence-electron chi connectivity index (χ4n) is 4.60. The van der Waals surface area contributed by atoms with Gasteiger partial charge in [0.05, 0.1) is 0 Å². The molecule has 2 heterocycles. The molecule has 1 saturated carbocycles. The van der Waals surface area contributed by atoms with Crippen molar-refractivity contribution >= 4 is 17.8 Å². The number of nitrogens with zero attached hydrogens (tertiary/aromatic N) is 2. The van der Waals surface area contributed by atoms with Crippen LogP contribution in [0.4, 0.5) is 4.79 Å². The molecule has 3 amide bonds. The quantitative estimate of drug-likeness (QED) is 0.876.